The van der Waals surface area contributed by atoms with Crippen molar-refractivity contribution >= 4 is 11.8 Å². The molecule has 0 radical (unpaired) electrons. The average Bonchev–Trinajstić information content (AvgIpc) is 2.82. The molecule has 4 fully saturated rings. The van der Waals surface area contributed by atoms with Gasteiger partial charge in [0.1, 0.15) is 12.4 Å². The van der Waals surface area contributed by atoms with Crippen LogP contribution in [-0.2, 0) is 14.3 Å². The fraction of sp³-hybridized carbons (Fsp3) is 0.875. The van der Waals surface area contributed by atoms with Gasteiger partial charge in [-0.3, -0.25) is 9.59 Å². The minimum absolute atomic E-state index is 0.0289. The second-order valence-electron chi connectivity index (χ2n) is 15.2. The summed E-state index contributed by atoms with van der Waals surface area (Å²) in [5.74, 6) is 0.136. The molecule has 0 aromatic heterocycles. The summed E-state index contributed by atoms with van der Waals surface area (Å²) in [6.45, 7) is 16.9. The lowest BCUT2D eigenvalue weighted by Crippen LogP contribution is -2.70. The third-order valence-corrected chi connectivity index (χ3v) is 13.5. The number of hydrogen-bond acceptors (Lipinski definition) is 6. The first kappa shape index (κ1) is 28.3. The Morgan fingerprint density at radius 1 is 1.03 bits per heavy atom. The number of carbonyl (C=O) groups excluding carboxylic acids is 2. The van der Waals surface area contributed by atoms with E-state index in [2.05, 4.69) is 33.8 Å². The maximum atomic E-state index is 13.0. The topological polar surface area (TPSA) is 104 Å². The molecule has 0 amide bonds. The first-order valence-corrected chi connectivity index (χ1v) is 14.9. The molecule has 6 heteroatoms. The molecule has 0 spiro atoms. The number of hydrogen-bond donors (Lipinski definition) is 3. The summed E-state index contributed by atoms with van der Waals surface area (Å²) in [7, 11) is 0. The maximum Gasteiger partial charge on any atom is 0.302 e. The Morgan fingerprint density at radius 3 is 2.32 bits per heavy atom. The van der Waals surface area contributed by atoms with E-state index in [1.165, 1.54) is 12.5 Å². The number of Topliss-reactive ketones (excluding diaryl/α,β-unsaturated/α-hetero) is 1. The van der Waals surface area contributed by atoms with Crippen LogP contribution in [0, 0.1) is 56.7 Å². The van der Waals surface area contributed by atoms with Gasteiger partial charge in [-0.05, 0) is 72.0 Å². The molecule has 0 aliphatic heterocycles. The molecule has 38 heavy (non-hydrogen) atoms. The summed E-state index contributed by atoms with van der Waals surface area (Å²) in [5, 5.41) is 34.5. The summed E-state index contributed by atoms with van der Waals surface area (Å²) >= 11 is 0. The zero-order chi connectivity index (χ0) is 28.2. The van der Waals surface area contributed by atoms with E-state index in [-0.39, 0.29) is 58.3 Å². The molecular formula is C32H50O6. The van der Waals surface area contributed by atoms with Gasteiger partial charge in [0.15, 0.2) is 0 Å². The molecule has 5 rings (SSSR count). The highest BCUT2D eigenvalue weighted by Crippen LogP contribution is 2.75. The summed E-state index contributed by atoms with van der Waals surface area (Å²) in [6.07, 6.45) is 4.39. The van der Waals surface area contributed by atoms with Crippen molar-refractivity contribution in [3.05, 3.63) is 11.6 Å². The van der Waals surface area contributed by atoms with Crippen molar-refractivity contribution in [3.63, 3.8) is 0 Å². The smallest absolute Gasteiger partial charge is 0.302 e. The Morgan fingerprint density at radius 2 is 1.68 bits per heavy atom. The summed E-state index contributed by atoms with van der Waals surface area (Å²) in [6, 6.07) is 0. The number of ether oxygens (including phenoxy) is 1. The summed E-state index contributed by atoms with van der Waals surface area (Å²) in [5.41, 5.74) is -0.502. The molecule has 3 N–H and O–H groups in total. The molecule has 6 nitrogen and oxygen atoms in total. The van der Waals surface area contributed by atoms with Crippen LogP contribution in [-0.4, -0.2) is 52.0 Å². The number of esters is 1. The van der Waals surface area contributed by atoms with Gasteiger partial charge < -0.3 is 20.1 Å². The fourth-order valence-electron chi connectivity index (χ4n) is 11.2. The van der Waals surface area contributed by atoms with Crippen LogP contribution in [0.15, 0.2) is 11.6 Å². The third kappa shape index (κ3) is 3.35. The molecule has 0 saturated heterocycles. The van der Waals surface area contributed by atoms with Crippen molar-refractivity contribution in [2.45, 2.75) is 112 Å². The van der Waals surface area contributed by atoms with Crippen LogP contribution in [0.4, 0.5) is 0 Å². The Kier molecular flexibility index (Phi) is 6.43. The molecule has 4 saturated carbocycles. The zero-order valence-corrected chi connectivity index (χ0v) is 24.7. The number of fused-ring (bicyclic) bond motifs is 7. The van der Waals surface area contributed by atoms with E-state index < -0.39 is 29.1 Å². The number of allylic oxidation sites excluding steroid dienone is 2. The largest absolute Gasteiger partial charge is 0.465 e. The average molecular weight is 531 g/mol. The quantitative estimate of drug-likeness (QED) is 0.354. The van der Waals surface area contributed by atoms with Crippen LogP contribution < -0.4 is 0 Å². The van der Waals surface area contributed by atoms with Gasteiger partial charge in [0.2, 0.25) is 0 Å². The second-order valence-corrected chi connectivity index (χ2v) is 15.2. The van der Waals surface area contributed by atoms with Gasteiger partial charge >= 0.3 is 5.97 Å². The summed E-state index contributed by atoms with van der Waals surface area (Å²) in [4.78, 5) is 24.9. The molecule has 214 valence electrons. The van der Waals surface area contributed by atoms with Crippen molar-refractivity contribution < 1.29 is 29.6 Å². The van der Waals surface area contributed by atoms with Crippen molar-refractivity contribution in [2.75, 3.05) is 6.61 Å². The van der Waals surface area contributed by atoms with E-state index >= 15 is 0 Å². The molecular weight excluding hydrogens is 480 g/mol. The first-order chi connectivity index (χ1) is 17.5. The van der Waals surface area contributed by atoms with Gasteiger partial charge in [0, 0.05) is 30.1 Å². The maximum absolute atomic E-state index is 13.0. The van der Waals surface area contributed by atoms with E-state index in [0.717, 1.165) is 19.3 Å². The highest BCUT2D eigenvalue weighted by Gasteiger charge is 2.72. The molecule has 5 aliphatic rings. The first-order valence-electron chi connectivity index (χ1n) is 14.9. The number of aliphatic hydroxyl groups excluding tert-OH is 3. The minimum Gasteiger partial charge on any atom is -0.465 e. The van der Waals surface area contributed by atoms with Gasteiger partial charge in [-0.15, -0.1) is 0 Å². The van der Waals surface area contributed by atoms with E-state index in [0.29, 0.717) is 25.2 Å². The van der Waals surface area contributed by atoms with Crippen LogP contribution in [0.5, 0.6) is 0 Å². The van der Waals surface area contributed by atoms with Crippen LogP contribution in [0.25, 0.3) is 0 Å². The van der Waals surface area contributed by atoms with Crippen molar-refractivity contribution in [3.8, 4) is 0 Å². The Labute approximate surface area is 228 Å². The molecule has 1 unspecified atom stereocenters. The van der Waals surface area contributed by atoms with Crippen LogP contribution in [0.2, 0.25) is 0 Å². The number of ketones is 1. The normalized spacial score (nSPS) is 53.6. The van der Waals surface area contributed by atoms with Gasteiger partial charge in [-0.1, -0.05) is 60.1 Å². The predicted molar refractivity (Wildman–Crippen MR) is 145 cm³/mol. The molecule has 0 aromatic rings. The fourth-order valence-corrected chi connectivity index (χ4v) is 11.2. The molecule has 12 atom stereocenters. The van der Waals surface area contributed by atoms with Crippen LogP contribution in [0.1, 0.15) is 93.9 Å². The Balaban J connectivity index is 1.64. The lowest BCUT2D eigenvalue weighted by molar-refractivity contribution is -0.237. The van der Waals surface area contributed by atoms with Gasteiger partial charge in [-0.25, -0.2) is 0 Å². The van der Waals surface area contributed by atoms with Crippen molar-refractivity contribution in [1.29, 1.82) is 0 Å². The van der Waals surface area contributed by atoms with Gasteiger partial charge in [0.25, 0.3) is 0 Å². The third-order valence-electron chi connectivity index (χ3n) is 13.5. The van der Waals surface area contributed by atoms with E-state index in [1.807, 2.05) is 20.8 Å². The SMILES string of the molecule is CC(=O)OC[C@@]12CC[C@]3(C)C(=CC[C@@H]4[C@@]5(C)CCC(=O)C(C)(C)C5[C@H](O)C[C@]43C)[C@@H]1[C@@H](C)[C@H](C)[C@@H](O)[C@H]2O. The van der Waals surface area contributed by atoms with E-state index in [9.17, 15) is 24.9 Å². The van der Waals surface area contributed by atoms with Crippen LogP contribution >= 0.6 is 0 Å². The second kappa shape index (κ2) is 8.63. The molecule has 0 aromatic carbocycles. The minimum atomic E-state index is -0.974. The summed E-state index contributed by atoms with van der Waals surface area (Å²) < 4.78 is 5.62. The highest BCUT2D eigenvalue weighted by atomic mass is 16.5. The monoisotopic (exact) mass is 530 g/mol. The highest BCUT2D eigenvalue weighted by molar-refractivity contribution is 5.85. The Hall–Kier alpha value is -1.24. The molecule has 0 heterocycles. The lowest BCUT2D eigenvalue weighted by atomic mass is 9.33. The van der Waals surface area contributed by atoms with Crippen LogP contribution in [0.3, 0.4) is 0 Å². The van der Waals surface area contributed by atoms with Crippen molar-refractivity contribution in [2.24, 2.45) is 56.7 Å². The Bertz CT molecular complexity index is 1050. The zero-order valence-electron chi connectivity index (χ0n) is 24.7. The van der Waals surface area contributed by atoms with Crippen molar-refractivity contribution in [1.82, 2.24) is 0 Å². The number of aliphatic hydroxyl groups is 3. The van der Waals surface area contributed by atoms with E-state index in [4.69, 9.17) is 4.74 Å². The van der Waals surface area contributed by atoms with Gasteiger partial charge in [-0.2, -0.15) is 0 Å². The molecule has 5 aliphatic carbocycles. The molecule has 0 bridgehead atoms. The number of carbonyl (C=O) groups is 2. The number of rotatable bonds is 2. The predicted octanol–water partition coefficient (Wildman–Crippen LogP) is 4.69. The lowest BCUT2D eigenvalue weighted by Gasteiger charge is -2.72. The van der Waals surface area contributed by atoms with Gasteiger partial charge in [0.05, 0.1) is 18.3 Å². The van der Waals surface area contributed by atoms with E-state index in [1.54, 1.807) is 0 Å². The standard InChI is InChI=1S/C32H50O6/c1-17-18(2)25(36)27(37)32(16-38-19(3)33)14-13-30(7)20(24(17)32)9-10-22-29(6)12-11-23(35)28(4,5)26(29)21(34)15-31(22,30)8/h9,17-18,21-22,24-27,34,36-37H,10-16H2,1-8H3/t17-,18-,21+,22+,24-,25+,26?,27+,29+,30+,31+,32-/m0/s1.